The van der Waals surface area contributed by atoms with E-state index in [2.05, 4.69) is 74.6 Å². The topological polar surface area (TPSA) is 72.8 Å². The van der Waals surface area contributed by atoms with Crippen molar-refractivity contribution in [2.45, 2.75) is 328 Å². The number of carbonyl (C=O) groups excluding carboxylic acids is 2. The lowest BCUT2D eigenvalue weighted by molar-refractivity contribution is -0.161. The van der Waals surface area contributed by atoms with Gasteiger partial charge in [0.1, 0.15) is 6.61 Å². The summed E-state index contributed by atoms with van der Waals surface area (Å²) in [5, 5.41) is 9.62. The van der Waals surface area contributed by atoms with Gasteiger partial charge in [0.25, 0.3) is 0 Å². The summed E-state index contributed by atoms with van der Waals surface area (Å²) < 4.78 is 10.7. The number of carbonyl (C=O) groups is 2. The molecule has 408 valence electrons. The van der Waals surface area contributed by atoms with Crippen LogP contribution in [0.2, 0.25) is 0 Å². The van der Waals surface area contributed by atoms with E-state index in [4.69, 9.17) is 9.47 Å². The second kappa shape index (κ2) is 60.9. The number of hydrogen-bond acceptors (Lipinski definition) is 5. The monoisotopic (exact) mass is 979 g/mol. The summed E-state index contributed by atoms with van der Waals surface area (Å²) in [6.07, 6.45) is 82.6. The Hall–Kier alpha value is -2.40. The first-order valence-electron chi connectivity index (χ1n) is 30.8. The van der Waals surface area contributed by atoms with Crippen LogP contribution in [0.15, 0.2) is 60.8 Å². The van der Waals surface area contributed by atoms with E-state index in [1.165, 1.54) is 231 Å². The molecule has 0 aliphatic rings. The normalized spacial score (nSPS) is 12.6. The van der Waals surface area contributed by atoms with E-state index in [9.17, 15) is 14.7 Å². The van der Waals surface area contributed by atoms with Gasteiger partial charge in [-0.3, -0.25) is 9.59 Å². The van der Waals surface area contributed by atoms with Crippen molar-refractivity contribution in [3.63, 3.8) is 0 Å². The Bertz CT molecular complexity index is 1200. The highest BCUT2D eigenvalue weighted by atomic mass is 16.6. The summed E-state index contributed by atoms with van der Waals surface area (Å²) in [5.41, 5.74) is 0. The third-order valence-electron chi connectivity index (χ3n) is 13.8. The average Bonchev–Trinajstić information content (AvgIpc) is 3.36. The van der Waals surface area contributed by atoms with Crippen molar-refractivity contribution in [3.8, 4) is 0 Å². The molecule has 0 rings (SSSR count). The molecule has 70 heavy (non-hydrogen) atoms. The van der Waals surface area contributed by atoms with Crippen LogP contribution in [0, 0.1) is 0 Å². The molecule has 0 radical (unpaired) electrons. The van der Waals surface area contributed by atoms with Gasteiger partial charge < -0.3 is 14.6 Å². The zero-order valence-corrected chi connectivity index (χ0v) is 46.8. The molecule has 1 unspecified atom stereocenters. The molecule has 0 spiro atoms. The van der Waals surface area contributed by atoms with Crippen molar-refractivity contribution in [1.82, 2.24) is 0 Å². The number of allylic oxidation sites excluding steroid dienone is 10. The Labute approximate surface area is 436 Å². The zero-order chi connectivity index (χ0) is 50.6. The SMILES string of the molecule is CC/C=C\C/C=C\C/C=C\C/C=C\CCCCC(=O)OC(CO)COC(=O)CCCCCCCCCCCCCCCCCCCCCCCCCCCCCCC/C=C\CCCCCCCCCC. The molecule has 0 bridgehead atoms. The van der Waals surface area contributed by atoms with Crippen molar-refractivity contribution >= 4 is 11.9 Å². The van der Waals surface area contributed by atoms with Gasteiger partial charge in [-0.15, -0.1) is 0 Å². The molecule has 1 atom stereocenters. The molecule has 0 aliphatic heterocycles. The van der Waals surface area contributed by atoms with Crippen molar-refractivity contribution in [3.05, 3.63) is 60.8 Å². The van der Waals surface area contributed by atoms with Crippen LogP contribution < -0.4 is 0 Å². The van der Waals surface area contributed by atoms with Crippen LogP contribution in [-0.4, -0.2) is 36.4 Å². The first-order valence-corrected chi connectivity index (χ1v) is 30.8. The smallest absolute Gasteiger partial charge is 0.306 e. The maximum Gasteiger partial charge on any atom is 0.306 e. The number of unbranched alkanes of at least 4 members (excludes halogenated alkanes) is 39. The standard InChI is InChI=1S/C65H118O5/c1-3-5-7-9-11-13-15-17-19-20-21-22-23-24-25-26-27-28-29-30-31-32-33-34-35-36-37-38-39-40-41-42-43-44-46-47-49-51-53-55-57-59-64(67)69-62-63(61-66)70-65(68)60-58-56-54-52-50-48-45-18-16-14-12-10-8-6-4-2/h6,8,12,14,18,20-21,45,50,52,63,66H,3-5,7,9-11,13,15-17,19,22-44,46-49,51,53-62H2,1-2H3/b8-6-,14-12-,21-20-,45-18-,52-50-. The van der Waals surface area contributed by atoms with Crippen molar-refractivity contribution in [1.29, 1.82) is 0 Å². The fourth-order valence-corrected chi connectivity index (χ4v) is 9.19. The molecular weight excluding hydrogens is 861 g/mol. The van der Waals surface area contributed by atoms with E-state index in [1.54, 1.807) is 0 Å². The van der Waals surface area contributed by atoms with E-state index in [0.29, 0.717) is 12.8 Å². The molecular formula is C65H118O5. The fourth-order valence-electron chi connectivity index (χ4n) is 9.19. The highest BCUT2D eigenvalue weighted by Crippen LogP contribution is 2.18. The number of rotatable bonds is 57. The first kappa shape index (κ1) is 67.6. The van der Waals surface area contributed by atoms with Gasteiger partial charge in [-0.25, -0.2) is 0 Å². The Kier molecular flexibility index (Phi) is 58.8. The fraction of sp³-hybridized carbons (Fsp3) is 0.815. The minimum Gasteiger partial charge on any atom is -0.462 e. The zero-order valence-electron chi connectivity index (χ0n) is 46.8. The summed E-state index contributed by atoms with van der Waals surface area (Å²) in [6.45, 7) is 4.02. The lowest BCUT2D eigenvalue weighted by Gasteiger charge is -2.15. The molecule has 0 saturated carbocycles. The van der Waals surface area contributed by atoms with Crippen LogP contribution in [0.4, 0.5) is 0 Å². The largest absolute Gasteiger partial charge is 0.462 e. The van der Waals surface area contributed by atoms with E-state index in [1.807, 2.05) is 0 Å². The quantitative estimate of drug-likeness (QED) is 0.0373. The number of hydrogen-bond donors (Lipinski definition) is 1. The van der Waals surface area contributed by atoms with E-state index < -0.39 is 6.10 Å². The molecule has 0 aliphatic carbocycles. The number of ether oxygens (including phenoxy) is 2. The Morgan fingerprint density at radius 1 is 0.343 bits per heavy atom. The predicted molar refractivity (Wildman–Crippen MR) is 307 cm³/mol. The van der Waals surface area contributed by atoms with Crippen molar-refractivity contribution in [2.24, 2.45) is 0 Å². The highest BCUT2D eigenvalue weighted by molar-refractivity contribution is 5.70. The first-order chi connectivity index (χ1) is 34.6. The minimum absolute atomic E-state index is 0.0814. The van der Waals surface area contributed by atoms with Crippen molar-refractivity contribution < 1.29 is 24.2 Å². The van der Waals surface area contributed by atoms with Gasteiger partial charge in [0.2, 0.25) is 0 Å². The number of aliphatic hydroxyl groups excluding tert-OH is 1. The van der Waals surface area contributed by atoms with Gasteiger partial charge in [0, 0.05) is 12.8 Å². The average molecular weight is 980 g/mol. The molecule has 0 amide bonds. The molecule has 1 N–H and O–H groups in total. The van der Waals surface area contributed by atoms with Gasteiger partial charge in [-0.2, -0.15) is 0 Å². The van der Waals surface area contributed by atoms with Gasteiger partial charge in [-0.05, 0) is 77.0 Å². The van der Waals surface area contributed by atoms with Crippen LogP contribution in [0.3, 0.4) is 0 Å². The van der Waals surface area contributed by atoms with Gasteiger partial charge in [0.15, 0.2) is 6.10 Å². The summed E-state index contributed by atoms with van der Waals surface area (Å²) >= 11 is 0. The second-order valence-corrected chi connectivity index (χ2v) is 20.8. The number of esters is 2. The molecule has 0 heterocycles. The third kappa shape index (κ3) is 58.2. The summed E-state index contributed by atoms with van der Waals surface area (Å²) in [5.74, 6) is -0.630. The lowest BCUT2D eigenvalue weighted by atomic mass is 10.0. The molecule has 0 saturated heterocycles. The van der Waals surface area contributed by atoms with Gasteiger partial charge in [-0.1, -0.05) is 293 Å². The molecule has 5 nitrogen and oxygen atoms in total. The van der Waals surface area contributed by atoms with Crippen LogP contribution in [-0.2, 0) is 19.1 Å². The summed E-state index contributed by atoms with van der Waals surface area (Å²) in [4.78, 5) is 24.4. The maximum atomic E-state index is 12.2. The Morgan fingerprint density at radius 3 is 0.971 bits per heavy atom. The Balaban J connectivity index is 3.37. The molecule has 5 heteroatoms. The van der Waals surface area contributed by atoms with E-state index in [-0.39, 0.29) is 25.2 Å². The third-order valence-corrected chi connectivity index (χ3v) is 13.8. The predicted octanol–water partition coefficient (Wildman–Crippen LogP) is 21.0. The highest BCUT2D eigenvalue weighted by Gasteiger charge is 2.16. The molecule has 0 fully saturated rings. The van der Waals surface area contributed by atoms with Crippen molar-refractivity contribution in [2.75, 3.05) is 13.2 Å². The van der Waals surface area contributed by atoms with Crippen LogP contribution >= 0.6 is 0 Å². The molecule has 0 aromatic rings. The Morgan fingerprint density at radius 2 is 0.614 bits per heavy atom. The maximum absolute atomic E-state index is 12.2. The summed E-state index contributed by atoms with van der Waals surface area (Å²) in [6, 6.07) is 0. The van der Waals surface area contributed by atoms with Crippen LogP contribution in [0.1, 0.15) is 322 Å². The van der Waals surface area contributed by atoms with E-state index in [0.717, 1.165) is 64.2 Å². The van der Waals surface area contributed by atoms with Gasteiger partial charge >= 0.3 is 11.9 Å². The number of aliphatic hydroxyl groups is 1. The van der Waals surface area contributed by atoms with Gasteiger partial charge in [0.05, 0.1) is 6.61 Å². The molecule has 0 aromatic heterocycles. The summed E-state index contributed by atoms with van der Waals surface area (Å²) in [7, 11) is 0. The lowest BCUT2D eigenvalue weighted by Crippen LogP contribution is -2.28. The van der Waals surface area contributed by atoms with Crippen LogP contribution in [0.25, 0.3) is 0 Å². The molecule has 0 aromatic carbocycles. The minimum atomic E-state index is -0.794. The van der Waals surface area contributed by atoms with E-state index >= 15 is 0 Å². The van der Waals surface area contributed by atoms with Crippen LogP contribution in [0.5, 0.6) is 0 Å². The second-order valence-electron chi connectivity index (χ2n) is 20.8.